The molecule has 3 heteroatoms. The van der Waals surface area contributed by atoms with Gasteiger partial charge in [-0.2, -0.15) is 0 Å². The summed E-state index contributed by atoms with van der Waals surface area (Å²) < 4.78 is 5.03. The van der Waals surface area contributed by atoms with Crippen LogP contribution in [0.25, 0.3) is 0 Å². The molecule has 1 heterocycles. The molecule has 0 bridgehead atoms. The fourth-order valence-corrected chi connectivity index (χ4v) is 1.97. The SMILES string of the molecule is Cc1cc(C#Cc2ccc(C3CC3N)cc2)on1. The first kappa shape index (κ1) is 11.1. The monoisotopic (exact) mass is 238 g/mol. The second-order valence-electron chi connectivity index (χ2n) is 4.71. The van der Waals surface area contributed by atoms with E-state index in [2.05, 4.69) is 29.1 Å². The van der Waals surface area contributed by atoms with Crippen LogP contribution in [0.1, 0.15) is 34.9 Å². The zero-order valence-electron chi connectivity index (χ0n) is 10.2. The van der Waals surface area contributed by atoms with Gasteiger partial charge in [0.2, 0.25) is 5.76 Å². The Morgan fingerprint density at radius 2 is 2.00 bits per heavy atom. The molecule has 90 valence electrons. The smallest absolute Gasteiger partial charge is 0.210 e. The van der Waals surface area contributed by atoms with Crippen molar-refractivity contribution in [1.82, 2.24) is 5.16 Å². The van der Waals surface area contributed by atoms with Gasteiger partial charge >= 0.3 is 0 Å². The number of hydrogen-bond acceptors (Lipinski definition) is 3. The molecule has 1 aromatic heterocycles. The molecule has 3 rings (SSSR count). The van der Waals surface area contributed by atoms with E-state index >= 15 is 0 Å². The quantitative estimate of drug-likeness (QED) is 0.775. The van der Waals surface area contributed by atoms with Crippen LogP contribution in [0, 0.1) is 18.8 Å². The Bertz CT molecular complexity index is 616. The lowest BCUT2D eigenvalue weighted by Gasteiger charge is -1.97. The van der Waals surface area contributed by atoms with E-state index in [9.17, 15) is 0 Å². The lowest BCUT2D eigenvalue weighted by molar-refractivity contribution is 0.406. The Labute approximate surface area is 106 Å². The highest BCUT2D eigenvalue weighted by atomic mass is 16.5. The molecule has 2 unspecified atom stereocenters. The van der Waals surface area contributed by atoms with Crippen molar-refractivity contribution >= 4 is 0 Å². The predicted octanol–water partition coefficient (Wildman–Crippen LogP) is 2.20. The Morgan fingerprint density at radius 3 is 2.56 bits per heavy atom. The summed E-state index contributed by atoms with van der Waals surface area (Å²) in [6.45, 7) is 1.88. The molecule has 3 nitrogen and oxygen atoms in total. The van der Waals surface area contributed by atoms with E-state index in [0.717, 1.165) is 17.7 Å². The third-order valence-electron chi connectivity index (χ3n) is 3.14. The summed E-state index contributed by atoms with van der Waals surface area (Å²) in [6, 6.07) is 10.4. The van der Waals surface area contributed by atoms with Gasteiger partial charge in [-0.05, 0) is 37.0 Å². The maximum absolute atomic E-state index is 5.83. The summed E-state index contributed by atoms with van der Waals surface area (Å²) in [5.41, 5.74) is 8.95. The lowest BCUT2D eigenvalue weighted by Crippen LogP contribution is -2.00. The number of benzene rings is 1. The van der Waals surface area contributed by atoms with Crippen LogP contribution in [0.5, 0.6) is 0 Å². The van der Waals surface area contributed by atoms with Gasteiger partial charge in [-0.1, -0.05) is 23.2 Å². The minimum atomic E-state index is 0.346. The zero-order valence-corrected chi connectivity index (χ0v) is 10.2. The molecule has 1 saturated carbocycles. The maximum Gasteiger partial charge on any atom is 0.210 e. The number of aromatic nitrogens is 1. The predicted molar refractivity (Wildman–Crippen MR) is 69.0 cm³/mol. The number of hydrogen-bond donors (Lipinski definition) is 1. The highest BCUT2D eigenvalue weighted by molar-refractivity contribution is 5.42. The molecule has 1 fully saturated rings. The summed E-state index contributed by atoms with van der Waals surface area (Å²) in [7, 11) is 0. The fraction of sp³-hybridized carbons (Fsp3) is 0.267. The average molecular weight is 238 g/mol. The summed E-state index contributed by atoms with van der Waals surface area (Å²) in [5, 5.41) is 3.79. The van der Waals surface area contributed by atoms with Crippen molar-refractivity contribution in [3.8, 4) is 11.8 Å². The molecular formula is C15H14N2O. The van der Waals surface area contributed by atoms with Gasteiger partial charge in [-0.25, -0.2) is 0 Å². The highest BCUT2D eigenvalue weighted by Gasteiger charge is 2.34. The minimum Gasteiger partial charge on any atom is -0.347 e. The van der Waals surface area contributed by atoms with Crippen LogP contribution in [0.3, 0.4) is 0 Å². The van der Waals surface area contributed by atoms with E-state index in [1.165, 1.54) is 5.56 Å². The second kappa shape index (κ2) is 4.32. The van der Waals surface area contributed by atoms with E-state index in [-0.39, 0.29) is 0 Å². The lowest BCUT2D eigenvalue weighted by atomic mass is 10.1. The Kier molecular flexibility index (Phi) is 2.66. The summed E-state index contributed by atoms with van der Waals surface area (Å²) in [6.07, 6.45) is 1.10. The molecular weight excluding hydrogens is 224 g/mol. The molecule has 2 N–H and O–H groups in total. The van der Waals surface area contributed by atoms with Gasteiger partial charge in [0, 0.05) is 23.6 Å². The molecule has 1 aliphatic rings. The van der Waals surface area contributed by atoms with Crippen molar-refractivity contribution in [3.63, 3.8) is 0 Å². The van der Waals surface area contributed by atoms with E-state index in [4.69, 9.17) is 10.3 Å². The van der Waals surface area contributed by atoms with Gasteiger partial charge in [0.05, 0.1) is 5.69 Å². The van der Waals surface area contributed by atoms with Gasteiger partial charge in [-0.15, -0.1) is 0 Å². The Hall–Kier alpha value is -2.05. The average Bonchev–Trinajstić information content (AvgIpc) is 2.95. The Balaban J connectivity index is 1.75. The molecule has 2 aromatic rings. The Morgan fingerprint density at radius 1 is 1.28 bits per heavy atom. The van der Waals surface area contributed by atoms with Crippen LogP contribution in [0.2, 0.25) is 0 Å². The third-order valence-corrected chi connectivity index (χ3v) is 3.14. The standard InChI is InChI=1S/C15H14N2O/c1-10-8-13(18-17-10)7-4-11-2-5-12(6-3-11)14-9-15(14)16/h2-3,5-6,8,14-15H,9,16H2,1H3. The van der Waals surface area contributed by atoms with Gasteiger partial charge in [-0.3, -0.25) is 0 Å². The van der Waals surface area contributed by atoms with Gasteiger partial charge < -0.3 is 10.3 Å². The number of nitrogens with two attached hydrogens (primary N) is 1. The maximum atomic E-state index is 5.83. The number of aryl methyl sites for hydroxylation is 1. The molecule has 2 atom stereocenters. The van der Waals surface area contributed by atoms with Gasteiger partial charge in [0.15, 0.2) is 0 Å². The number of nitrogens with zero attached hydrogens (tertiary/aromatic N) is 1. The summed E-state index contributed by atoms with van der Waals surface area (Å²) in [5.74, 6) is 7.15. The van der Waals surface area contributed by atoms with Crippen LogP contribution >= 0.6 is 0 Å². The first-order chi connectivity index (χ1) is 8.72. The van der Waals surface area contributed by atoms with Crippen molar-refractivity contribution in [2.75, 3.05) is 0 Å². The molecule has 0 aliphatic heterocycles. The van der Waals surface area contributed by atoms with Gasteiger partial charge in [0.1, 0.15) is 0 Å². The van der Waals surface area contributed by atoms with Crippen molar-refractivity contribution in [1.29, 1.82) is 0 Å². The summed E-state index contributed by atoms with van der Waals surface area (Å²) >= 11 is 0. The summed E-state index contributed by atoms with van der Waals surface area (Å²) in [4.78, 5) is 0. The second-order valence-corrected chi connectivity index (χ2v) is 4.71. The normalized spacial score (nSPS) is 21.2. The van der Waals surface area contributed by atoms with Crippen molar-refractivity contribution in [2.45, 2.75) is 25.3 Å². The van der Waals surface area contributed by atoms with E-state index < -0.39 is 0 Å². The van der Waals surface area contributed by atoms with Crippen LogP contribution in [-0.2, 0) is 0 Å². The molecule has 0 radical (unpaired) electrons. The van der Waals surface area contributed by atoms with Gasteiger partial charge in [0.25, 0.3) is 0 Å². The topological polar surface area (TPSA) is 52.0 Å². The largest absolute Gasteiger partial charge is 0.347 e. The molecule has 18 heavy (non-hydrogen) atoms. The van der Waals surface area contributed by atoms with Crippen LogP contribution in [0.4, 0.5) is 0 Å². The van der Waals surface area contributed by atoms with E-state index in [1.54, 1.807) is 0 Å². The molecule has 1 aromatic carbocycles. The molecule has 1 aliphatic carbocycles. The molecule has 0 saturated heterocycles. The van der Waals surface area contributed by atoms with Crippen molar-refractivity contribution in [2.24, 2.45) is 5.73 Å². The van der Waals surface area contributed by atoms with Crippen molar-refractivity contribution < 1.29 is 4.52 Å². The van der Waals surface area contributed by atoms with E-state index in [0.29, 0.717) is 17.7 Å². The minimum absolute atomic E-state index is 0.346. The van der Waals surface area contributed by atoms with Crippen LogP contribution < -0.4 is 5.73 Å². The van der Waals surface area contributed by atoms with Crippen LogP contribution in [0.15, 0.2) is 34.9 Å². The fourth-order valence-electron chi connectivity index (χ4n) is 1.97. The molecule has 0 spiro atoms. The zero-order chi connectivity index (χ0) is 12.5. The van der Waals surface area contributed by atoms with E-state index in [1.807, 2.05) is 25.1 Å². The third kappa shape index (κ3) is 2.29. The highest BCUT2D eigenvalue weighted by Crippen LogP contribution is 2.38. The first-order valence-electron chi connectivity index (χ1n) is 6.03. The first-order valence-corrected chi connectivity index (χ1v) is 6.03. The van der Waals surface area contributed by atoms with Crippen LogP contribution in [-0.4, -0.2) is 11.2 Å². The van der Waals surface area contributed by atoms with Crippen molar-refractivity contribution in [3.05, 3.63) is 52.9 Å². The molecule has 0 amide bonds. The number of rotatable bonds is 1.